The predicted molar refractivity (Wildman–Crippen MR) is 170 cm³/mol. The summed E-state index contributed by atoms with van der Waals surface area (Å²) in [5, 5.41) is 0. The molecule has 4 rings (SSSR count). The molecule has 43 heavy (non-hydrogen) atoms. The zero-order chi connectivity index (χ0) is 30.8. The molecule has 0 aliphatic heterocycles. The number of benzene rings is 1. The Morgan fingerprint density at radius 1 is 0.698 bits per heavy atom. The van der Waals surface area contributed by atoms with Crippen molar-refractivity contribution < 1.29 is 22.3 Å². The summed E-state index contributed by atoms with van der Waals surface area (Å²) >= 11 is 0. The van der Waals surface area contributed by atoms with Gasteiger partial charge in [0.2, 0.25) is 0 Å². The molecular formula is C38H60F4O. The van der Waals surface area contributed by atoms with E-state index in [9.17, 15) is 17.6 Å². The first-order valence-corrected chi connectivity index (χ1v) is 18.2. The van der Waals surface area contributed by atoms with Gasteiger partial charge in [-0.25, -0.2) is 4.39 Å². The van der Waals surface area contributed by atoms with Crippen molar-refractivity contribution in [3.05, 3.63) is 28.6 Å². The summed E-state index contributed by atoms with van der Waals surface area (Å²) < 4.78 is 62.1. The minimum absolute atomic E-state index is 0.107. The van der Waals surface area contributed by atoms with E-state index in [4.69, 9.17) is 4.74 Å². The highest BCUT2D eigenvalue weighted by Crippen LogP contribution is 2.44. The summed E-state index contributed by atoms with van der Waals surface area (Å²) in [6.45, 7) is 6.20. The average molecular weight is 609 g/mol. The summed E-state index contributed by atoms with van der Waals surface area (Å²) in [6.07, 6.45) is 20.9. The summed E-state index contributed by atoms with van der Waals surface area (Å²) in [7, 11) is 0. The lowest BCUT2D eigenvalue weighted by molar-refractivity contribution is -0.140. The third kappa shape index (κ3) is 10.1. The molecule has 5 heteroatoms. The monoisotopic (exact) mass is 608 g/mol. The number of aryl methyl sites for hydroxylation is 1. The first kappa shape index (κ1) is 34.6. The summed E-state index contributed by atoms with van der Waals surface area (Å²) in [6, 6.07) is 1.46. The Balaban J connectivity index is 1.14. The molecule has 246 valence electrons. The maximum absolute atomic E-state index is 14.9. The van der Waals surface area contributed by atoms with Gasteiger partial charge in [-0.15, -0.1) is 0 Å². The SMILES string of the molecule is CCCCOc1cc(C)c(CCCCC2CCC(C3CCC(CCC4CCC(CC)CC4)CC3)CC2)c(C(F)(F)F)c1F. The molecule has 0 saturated heterocycles. The van der Waals surface area contributed by atoms with Crippen LogP contribution < -0.4 is 4.74 Å². The molecule has 0 aromatic heterocycles. The van der Waals surface area contributed by atoms with Gasteiger partial charge in [-0.05, 0) is 105 Å². The fourth-order valence-electron chi connectivity index (χ4n) is 8.88. The highest BCUT2D eigenvalue weighted by atomic mass is 19.4. The van der Waals surface area contributed by atoms with Gasteiger partial charge >= 0.3 is 6.18 Å². The Labute approximate surface area is 260 Å². The number of hydrogen-bond donors (Lipinski definition) is 0. The number of hydrogen-bond acceptors (Lipinski definition) is 1. The summed E-state index contributed by atoms with van der Waals surface area (Å²) in [5.41, 5.74) is -0.529. The second kappa shape index (κ2) is 16.9. The van der Waals surface area contributed by atoms with Crippen LogP contribution in [0.5, 0.6) is 5.75 Å². The van der Waals surface area contributed by atoms with Crippen molar-refractivity contribution >= 4 is 0 Å². The quantitative estimate of drug-likeness (QED) is 0.151. The number of unbranched alkanes of at least 4 members (excludes halogenated alkanes) is 2. The van der Waals surface area contributed by atoms with E-state index in [-0.39, 0.29) is 24.3 Å². The van der Waals surface area contributed by atoms with E-state index in [1.54, 1.807) is 6.92 Å². The number of ether oxygens (including phenoxy) is 1. The van der Waals surface area contributed by atoms with Gasteiger partial charge in [0.25, 0.3) is 0 Å². The highest BCUT2D eigenvalue weighted by Gasteiger charge is 2.39. The molecule has 0 bridgehead atoms. The van der Waals surface area contributed by atoms with E-state index in [1.807, 2.05) is 6.92 Å². The van der Waals surface area contributed by atoms with E-state index < -0.39 is 17.6 Å². The third-order valence-electron chi connectivity index (χ3n) is 11.9. The van der Waals surface area contributed by atoms with Crippen molar-refractivity contribution in [2.24, 2.45) is 35.5 Å². The lowest BCUT2D eigenvalue weighted by Crippen LogP contribution is -2.26. The largest absolute Gasteiger partial charge is 0.490 e. The van der Waals surface area contributed by atoms with Crippen molar-refractivity contribution in [2.75, 3.05) is 6.61 Å². The lowest BCUT2D eigenvalue weighted by Gasteiger charge is -2.38. The van der Waals surface area contributed by atoms with Crippen molar-refractivity contribution in [2.45, 2.75) is 162 Å². The first-order chi connectivity index (χ1) is 20.7. The molecule has 3 fully saturated rings. The van der Waals surface area contributed by atoms with Crippen LogP contribution in [0.25, 0.3) is 0 Å². The average Bonchev–Trinajstić information content (AvgIpc) is 3.00. The molecule has 0 spiro atoms. The standard InChI is InChI=1S/C38H60F4O/c1-4-6-25-43-35-26-27(3)34(36(37(35)39)38(40,41)42)10-8-7-9-29-17-21-32(22-18-29)33-23-19-31(20-24-33)16-15-30-13-11-28(5-2)12-14-30/h26,28-33H,4-25H2,1-3H3. The third-order valence-corrected chi connectivity index (χ3v) is 11.9. The van der Waals surface area contributed by atoms with Crippen molar-refractivity contribution in [3.63, 3.8) is 0 Å². The molecule has 0 N–H and O–H groups in total. The molecule has 0 atom stereocenters. The molecule has 0 unspecified atom stereocenters. The van der Waals surface area contributed by atoms with Crippen molar-refractivity contribution in [1.82, 2.24) is 0 Å². The number of rotatable bonds is 14. The van der Waals surface area contributed by atoms with E-state index in [1.165, 1.54) is 102 Å². The van der Waals surface area contributed by atoms with Gasteiger partial charge in [-0.1, -0.05) is 104 Å². The molecule has 0 amide bonds. The van der Waals surface area contributed by atoms with Crippen LogP contribution >= 0.6 is 0 Å². The Hall–Kier alpha value is -1.26. The molecule has 3 aliphatic carbocycles. The molecule has 1 aromatic rings. The van der Waals surface area contributed by atoms with Crippen LogP contribution in [0.1, 0.15) is 159 Å². The topological polar surface area (TPSA) is 9.23 Å². The summed E-state index contributed by atoms with van der Waals surface area (Å²) in [5.74, 6) is 3.97. The van der Waals surface area contributed by atoms with E-state index in [2.05, 4.69) is 6.92 Å². The molecule has 0 heterocycles. The molecular weight excluding hydrogens is 548 g/mol. The maximum Gasteiger partial charge on any atom is 0.419 e. The van der Waals surface area contributed by atoms with Gasteiger partial charge in [0.1, 0.15) is 0 Å². The number of halogens is 4. The van der Waals surface area contributed by atoms with Crippen LogP contribution in [0.2, 0.25) is 0 Å². The highest BCUT2D eigenvalue weighted by molar-refractivity contribution is 5.45. The van der Waals surface area contributed by atoms with E-state index >= 15 is 0 Å². The van der Waals surface area contributed by atoms with Crippen molar-refractivity contribution in [1.29, 1.82) is 0 Å². The molecule has 1 nitrogen and oxygen atoms in total. The molecule has 3 aliphatic rings. The Kier molecular flexibility index (Phi) is 13.6. The van der Waals surface area contributed by atoms with Crippen LogP contribution in [-0.2, 0) is 12.6 Å². The van der Waals surface area contributed by atoms with Crippen LogP contribution in [-0.4, -0.2) is 6.61 Å². The molecule has 3 saturated carbocycles. The first-order valence-electron chi connectivity index (χ1n) is 18.2. The van der Waals surface area contributed by atoms with Crippen LogP contribution in [0, 0.1) is 48.2 Å². The zero-order valence-corrected chi connectivity index (χ0v) is 27.5. The zero-order valence-electron chi connectivity index (χ0n) is 27.5. The smallest absolute Gasteiger partial charge is 0.419 e. The van der Waals surface area contributed by atoms with Gasteiger partial charge in [-0.3, -0.25) is 0 Å². The predicted octanol–water partition coefficient (Wildman–Crippen LogP) is 12.7. The molecule has 1 aromatic carbocycles. The minimum atomic E-state index is -4.72. The second-order valence-corrected chi connectivity index (χ2v) is 14.7. The Morgan fingerprint density at radius 3 is 1.72 bits per heavy atom. The number of alkyl halides is 3. The van der Waals surface area contributed by atoms with Gasteiger partial charge < -0.3 is 4.74 Å². The Morgan fingerprint density at radius 2 is 1.21 bits per heavy atom. The molecule has 0 radical (unpaired) electrons. The van der Waals surface area contributed by atoms with Crippen LogP contribution in [0.15, 0.2) is 6.07 Å². The Bertz CT molecular complexity index is 948. The fourth-order valence-corrected chi connectivity index (χ4v) is 8.88. The van der Waals surface area contributed by atoms with Crippen LogP contribution in [0.4, 0.5) is 17.6 Å². The normalized spacial score (nSPS) is 28.6. The van der Waals surface area contributed by atoms with Gasteiger partial charge in [0.15, 0.2) is 11.6 Å². The van der Waals surface area contributed by atoms with Gasteiger partial charge in [0, 0.05) is 0 Å². The lowest BCUT2D eigenvalue weighted by atomic mass is 9.68. The van der Waals surface area contributed by atoms with Gasteiger partial charge in [-0.2, -0.15) is 13.2 Å². The minimum Gasteiger partial charge on any atom is -0.490 e. The maximum atomic E-state index is 14.9. The van der Waals surface area contributed by atoms with Crippen LogP contribution in [0.3, 0.4) is 0 Å². The van der Waals surface area contributed by atoms with Gasteiger partial charge in [0.05, 0.1) is 12.2 Å². The summed E-state index contributed by atoms with van der Waals surface area (Å²) in [4.78, 5) is 0. The van der Waals surface area contributed by atoms with E-state index in [0.717, 1.165) is 48.9 Å². The van der Waals surface area contributed by atoms with E-state index in [0.29, 0.717) is 24.3 Å². The van der Waals surface area contributed by atoms with Crippen molar-refractivity contribution in [3.8, 4) is 5.75 Å². The fraction of sp³-hybridized carbons (Fsp3) is 0.842. The second-order valence-electron chi connectivity index (χ2n) is 14.7.